The van der Waals surface area contributed by atoms with Crippen LogP contribution in [0.15, 0.2) is 18.2 Å². The summed E-state index contributed by atoms with van der Waals surface area (Å²) in [6.45, 7) is 2.40. The highest BCUT2D eigenvalue weighted by atomic mass is 16.6. The van der Waals surface area contributed by atoms with Gasteiger partial charge in [0.15, 0.2) is 6.61 Å². The molecule has 1 N–H and O–H groups in total. The van der Waals surface area contributed by atoms with Gasteiger partial charge >= 0.3 is 12.1 Å². The molecular weight excluding hydrogens is 358 g/mol. The number of nitro benzene ring substituents is 1. The molecule has 1 aromatic carbocycles. The molecule has 27 heavy (non-hydrogen) atoms. The minimum Gasteiger partial charge on any atom is -0.452 e. The largest absolute Gasteiger partial charge is 0.452 e. The molecule has 1 aliphatic rings. The summed E-state index contributed by atoms with van der Waals surface area (Å²) in [4.78, 5) is 47.4. The van der Waals surface area contributed by atoms with Crippen molar-refractivity contribution in [3.8, 4) is 0 Å². The van der Waals surface area contributed by atoms with E-state index < -0.39 is 29.5 Å². The molecule has 1 aliphatic heterocycles. The van der Waals surface area contributed by atoms with Gasteiger partial charge in [-0.05, 0) is 38.3 Å². The van der Waals surface area contributed by atoms with Crippen molar-refractivity contribution < 1.29 is 28.8 Å². The van der Waals surface area contributed by atoms with Gasteiger partial charge in [0, 0.05) is 19.2 Å². The molecule has 0 atom stereocenters. The molecule has 2 amide bonds. The van der Waals surface area contributed by atoms with Crippen molar-refractivity contribution in [2.45, 2.75) is 26.2 Å². The number of hydrogen-bond acceptors (Lipinski definition) is 8. The van der Waals surface area contributed by atoms with Gasteiger partial charge in [-0.25, -0.2) is 9.59 Å². The van der Waals surface area contributed by atoms with Gasteiger partial charge in [0.1, 0.15) is 5.69 Å². The topological polar surface area (TPSA) is 128 Å². The zero-order valence-corrected chi connectivity index (χ0v) is 14.9. The lowest BCUT2D eigenvalue weighted by Gasteiger charge is -2.28. The van der Waals surface area contributed by atoms with Crippen molar-refractivity contribution in [1.82, 2.24) is 5.32 Å². The molecule has 2 rings (SSSR count). The van der Waals surface area contributed by atoms with Crippen LogP contribution in [0.4, 0.5) is 16.2 Å². The van der Waals surface area contributed by atoms with Gasteiger partial charge < -0.3 is 14.4 Å². The second kappa shape index (κ2) is 9.51. The fourth-order valence-corrected chi connectivity index (χ4v) is 2.73. The van der Waals surface area contributed by atoms with E-state index >= 15 is 0 Å². The number of carbonyl (C=O) groups excluding carboxylic acids is 3. The van der Waals surface area contributed by atoms with Crippen molar-refractivity contribution in [1.29, 1.82) is 0 Å². The number of alkyl carbamates (subject to hydrolysis) is 1. The van der Waals surface area contributed by atoms with E-state index in [0.717, 1.165) is 38.4 Å². The number of hydrogen-bond donors (Lipinski definition) is 1. The highest BCUT2D eigenvalue weighted by Crippen LogP contribution is 2.31. The normalized spacial score (nSPS) is 13.6. The highest BCUT2D eigenvalue weighted by molar-refractivity contribution is 5.96. The van der Waals surface area contributed by atoms with Crippen LogP contribution >= 0.6 is 0 Å². The molecule has 1 aromatic rings. The SMILES string of the molecule is CCOC(=O)NC(=O)COC(=O)c1ccc(N2CCCCC2)c([N+](=O)[O-])c1. The first-order valence-electron chi connectivity index (χ1n) is 8.59. The Labute approximate surface area is 155 Å². The van der Waals surface area contributed by atoms with Gasteiger partial charge in [0.05, 0.1) is 17.1 Å². The van der Waals surface area contributed by atoms with Gasteiger partial charge in [-0.3, -0.25) is 20.2 Å². The fraction of sp³-hybridized carbons (Fsp3) is 0.471. The number of piperidine rings is 1. The van der Waals surface area contributed by atoms with E-state index in [9.17, 15) is 24.5 Å². The predicted molar refractivity (Wildman–Crippen MR) is 94.6 cm³/mol. The van der Waals surface area contributed by atoms with Crippen LogP contribution in [0, 0.1) is 10.1 Å². The second-order valence-electron chi connectivity index (χ2n) is 5.85. The first-order valence-corrected chi connectivity index (χ1v) is 8.59. The molecule has 0 aliphatic carbocycles. The predicted octanol–water partition coefficient (Wildman–Crippen LogP) is 2.01. The Hall–Kier alpha value is -3.17. The maximum absolute atomic E-state index is 12.1. The minimum atomic E-state index is -0.944. The van der Waals surface area contributed by atoms with Crippen LogP contribution in [0.1, 0.15) is 36.5 Å². The Balaban J connectivity index is 2.03. The van der Waals surface area contributed by atoms with Crippen molar-refractivity contribution in [2.24, 2.45) is 0 Å². The summed E-state index contributed by atoms with van der Waals surface area (Å²) in [6.07, 6.45) is 2.05. The Bertz CT molecular complexity index is 729. The zero-order valence-electron chi connectivity index (χ0n) is 14.9. The first kappa shape index (κ1) is 20.1. The monoisotopic (exact) mass is 379 g/mol. The van der Waals surface area contributed by atoms with E-state index in [0.29, 0.717) is 5.69 Å². The maximum atomic E-state index is 12.1. The Morgan fingerprint density at radius 3 is 2.52 bits per heavy atom. The number of rotatable bonds is 6. The minimum absolute atomic E-state index is 0.0496. The van der Waals surface area contributed by atoms with E-state index in [1.54, 1.807) is 6.92 Å². The van der Waals surface area contributed by atoms with Crippen LogP contribution in [0.25, 0.3) is 0 Å². The summed E-state index contributed by atoms with van der Waals surface area (Å²) in [5.74, 6) is -1.76. The quantitative estimate of drug-likeness (QED) is 0.452. The summed E-state index contributed by atoms with van der Waals surface area (Å²) < 4.78 is 9.32. The number of nitrogens with one attached hydrogen (secondary N) is 1. The molecule has 1 saturated heterocycles. The van der Waals surface area contributed by atoms with Crippen LogP contribution in [0.3, 0.4) is 0 Å². The Kier molecular flexibility index (Phi) is 7.09. The third kappa shape index (κ3) is 5.66. The molecular formula is C17H21N3O7. The van der Waals surface area contributed by atoms with Crippen LogP contribution < -0.4 is 10.2 Å². The number of carbonyl (C=O) groups is 3. The molecule has 10 nitrogen and oxygen atoms in total. The molecule has 0 aromatic heterocycles. The fourth-order valence-electron chi connectivity index (χ4n) is 2.73. The summed E-state index contributed by atoms with van der Waals surface area (Å²) in [5.41, 5.74) is 0.213. The number of esters is 1. The highest BCUT2D eigenvalue weighted by Gasteiger charge is 2.24. The summed E-state index contributed by atoms with van der Waals surface area (Å²) in [5, 5.41) is 13.3. The molecule has 0 radical (unpaired) electrons. The number of amides is 2. The van der Waals surface area contributed by atoms with E-state index in [4.69, 9.17) is 4.74 Å². The smallest absolute Gasteiger partial charge is 0.413 e. The molecule has 0 unspecified atom stereocenters. The van der Waals surface area contributed by atoms with Crippen LogP contribution in [0.5, 0.6) is 0 Å². The van der Waals surface area contributed by atoms with Crippen LogP contribution in [0.2, 0.25) is 0 Å². The summed E-state index contributed by atoms with van der Waals surface area (Å²) in [7, 11) is 0. The van der Waals surface area contributed by atoms with Gasteiger partial charge in [-0.1, -0.05) is 0 Å². The van der Waals surface area contributed by atoms with E-state index in [1.807, 2.05) is 10.2 Å². The lowest BCUT2D eigenvalue weighted by Crippen LogP contribution is -2.34. The van der Waals surface area contributed by atoms with E-state index in [1.165, 1.54) is 12.1 Å². The standard InChI is InChI=1S/C17H21N3O7/c1-2-26-17(23)18-15(21)11-27-16(22)12-6-7-13(14(10-12)20(24)25)19-8-4-3-5-9-19/h6-7,10H,2-5,8-9,11H2,1H3,(H,18,21,23). The van der Waals surface area contributed by atoms with Gasteiger partial charge in [0.25, 0.3) is 11.6 Å². The number of nitro groups is 1. The number of anilines is 1. The number of imide groups is 1. The third-order valence-electron chi connectivity index (χ3n) is 3.96. The van der Waals surface area contributed by atoms with Crippen LogP contribution in [-0.4, -0.2) is 49.2 Å². The molecule has 1 heterocycles. The molecule has 1 fully saturated rings. The summed E-state index contributed by atoms with van der Waals surface area (Å²) in [6, 6.07) is 4.07. The third-order valence-corrected chi connectivity index (χ3v) is 3.96. The van der Waals surface area contributed by atoms with Crippen molar-refractivity contribution >= 4 is 29.3 Å². The van der Waals surface area contributed by atoms with Crippen molar-refractivity contribution in [3.05, 3.63) is 33.9 Å². The molecule has 0 bridgehead atoms. The van der Waals surface area contributed by atoms with E-state index in [2.05, 4.69) is 4.74 Å². The number of ether oxygens (including phenoxy) is 2. The van der Waals surface area contributed by atoms with Gasteiger partial charge in [-0.2, -0.15) is 0 Å². The van der Waals surface area contributed by atoms with Crippen molar-refractivity contribution in [3.63, 3.8) is 0 Å². The lowest BCUT2D eigenvalue weighted by atomic mass is 10.1. The van der Waals surface area contributed by atoms with Gasteiger partial charge in [0.2, 0.25) is 0 Å². The second-order valence-corrected chi connectivity index (χ2v) is 5.85. The van der Waals surface area contributed by atoms with Gasteiger partial charge in [-0.15, -0.1) is 0 Å². The van der Waals surface area contributed by atoms with Crippen molar-refractivity contribution in [2.75, 3.05) is 31.2 Å². The molecule has 0 spiro atoms. The number of nitrogens with zero attached hydrogens (tertiary/aromatic N) is 2. The zero-order chi connectivity index (χ0) is 19.8. The average molecular weight is 379 g/mol. The Morgan fingerprint density at radius 1 is 1.19 bits per heavy atom. The molecule has 10 heteroatoms. The lowest BCUT2D eigenvalue weighted by molar-refractivity contribution is -0.384. The number of benzene rings is 1. The van der Waals surface area contributed by atoms with E-state index in [-0.39, 0.29) is 17.9 Å². The first-order chi connectivity index (χ1) is 12.9. The maximum Gasteiger partial charge on any atom is 0.413 e. The molecule has 0 saturated carbocycles. The average Bonchev–Trinajstić information content (AvgIpc) is 2.66. The Morgan fingerprint density at radius 2 is 1.89 bits per heavy atom. The summed E-state index contributed by atoms with van der Waals surface area (Å²) >= 11 is 0. The van der Waals surface area contributed by atoms with Crippen LogP contribution in [-0.2, 0) is 14.3 Å². The molecule has 146 valence electrons.